The van der Waals surface area contributed by atoms with Gasteiger partial charge in [-0.05, 0) is 48.2 Å². The second kappa shape index (κ2) is 8.81. The molecule has 2 N–H and O–H groups in total. The Morgan fingerprint density at radius 3 is 2.14 bits per heavy atom. The second-order valence-corrected chi connectivity index (χ2v) is 6.29. The molecular formula is C17H18BrClN2O. The molecule has 2 amide bonds. The summed E-state index contributed by atoms with van der Waals surface area (Å²) in [5, 5.41) is 6.42. The zero-order valence-electron chi connectivity index (χ0n) is 12.1. The summed E-state index contributed by atoms with van der Waals surface area (Å²) < 4.78 is 1.05. The summed E-state index contributed by atoms with van der Waals surface area (Å²) in [5.41, 5.74) is 2.30. The van der Waals surface area contributed by atoms with Gasteiger partial charge in [-0.25, -0.2) is 4.79 Å². The maximum absolute atomic E-state index is 11.7. The minimum atomic E-state index is -0.142. The lowest BCUT2D eigenvalue weighted by atomic mass is 10.1. The second-order valence-electron chi connectivity index (χ2n) is 4.94. The van der Waals surface area contributed by atoms with Gasteiger partial charge in [0.05, 0.1) is 0 Å². The number of amides is 2. The molecule has 0 aliphatic carbocycles. The molecule has 2 aromatic rings. The van der Waals surface area contributed by atoms with Crippen LogP contribution < -0.4 is 10.6 Å². The number of urea groups is 1. The fourth-order valence-electron chi connectivity index (χ4n) is 2.09. The first-order valence-electron chi connectivity index (χ1n) is 7.14. The number of carbonyl (C=O) groups is 1. The summed E-state index contributed by atoms with van der Waals surface area (Å²) in [6.45, 7) is 1.20. The Bertz CT molecular complexity index is 580. The smallest absolute Gasteiger partial charge is 0.314 e. The topological polar surface area (TPSA) is 41.1 Å². The first kappa shape index (κ1) is 16.8. The Morgan fingerprint density at radius 2 is 1.55 bits per heavy atom. The Labute approximate surface area is 144 Å². The van der Waals surface area contributed by atoms with Crippen LogP contribution in [0.4, 0.5) is 4.79 Å². The van der Waals surface area contributed by atoms with E-state index in [9.17, 15) is 4.79 Å². The highest BCUT2D eigenvalue weighted by atomic mass is 79.9. The fourth-order valence-corrected chi connectivity index (χ4v) is 2.75. The lowest BCUT2D eigenvalue weighted by molar-refractivity contribution is 0.241. The van der Waals surface area contributed by atoms with Crippen LogP contribution in [-0.2, 0) is 12.8 Å². The fraction of sp³-hybridized carbons (Fsp3) is 0.235. The summed E-state index contributed by atoms with van der Waals surface area (Å²) in [6.07, 6.45) is 1.57. The van der Waals surface area contributed by atoms with E-state index in [-0.39, 0.29) is 6.03 Å². The highest BCUT2D eigenvalue weighted by Crippen LogP contribution is 2.12. The third kappa shape index (κ3) is 6.08. The molecule has 0 aliphatic heterocycles. The van der Waals surface area contributed by atoms with E-state index in [1.165, 1.54) is 5.56 Å². The van der Waals surface area contributed by atoms with Crippen molar-refractivity contribution in [1.29, 1.82) is 0 Å². The minimum Gasteiger partial charge on any atom is -0.338 e. The van der Waals surface area contributed by atoms with Crippen LogP contribution in [0.2, 0.25) is 5.02 Å². The zero-order valence-corrected chi connectivity index (χ0v) is 14.5. The van der Waals surface area contributed by atoms with Crippen LogP contribution in [0.3, 0.4) is 0 Å². The van der Waals surface area contributed by atoms with Crippen molar-refractivity contribution in [2.75, 3.05) is 13.1 Å². The van der Waals surface area contributed by atoms with Gasteiger partial charge < -0.3 is 10.6 Å². The van der Waals surface area contributed by atoms with Gasteiger partial charge in [-0.3, -0.25) is 0 Å². The number of hydrogen-bond donors (Lipinski definition) is 2. The quantitative estimate of drug-likeness (QED) is 0.774. The van der Waals surface area contributed by atoms with E-state index < -0.39 is 0 Å². The Hall–Kier alpha value is -1.52. The van der Waals surface area contributed by atoms with Gasteiger partial charge in [-0.2, -0.15) is 0 Å². The molecule has 0 aliphatic rings. The monoisotopic (exact) mass is 380 g/mol. The summed E-state index contributed by atoms with van der Waals surface area (Å²) >= 11 is 9.36. The zero-order chi connectivity index (χ0) is 15.8. The maximum Gasteiger partial charge on any atom is 0.314 e. The normalized spacial score (nSPS) is 10.3. The van der Waals surface area contributed by atoms with Crippen LogP contribution in [0.1, 0.15) is 11.1 Å². The van der Waals surface area contributed by atoms with E-state index in [2.05, 4.69) is 32.6 Å². The van der Waals surface area contributed by atoms with Crippen LogP contribution in [0.15, 0.2) is 53.0 Å². The van der Waals surface area contributed by atoms with Crippen LogP contribution in [0.25, 0.3) is 0 Å². The van der Waals surface area contributed by atoms with Crippen LogP contribution >= 0.6 is 27.5 Å². The van der Waals surface area contributed by atoms with Crippen molar-refractivity contribution in [3.05, 3.63) is 69.2 Å². The minimum absolute atomic E-state index is 0.142. The Morgan fingerprint density at radius 1 is 0.955 bits per heavy atom. The first-order valence-corrected chi connectivity index (χ1v) is 8.31. The molecule has 22 heavy (non-hydrogen) atoms. The maximum atomic E-state index is 11.7. The van der Waals surface area contributed by atoms with Gasteiger partial charge in [-0.1, -0.05) is 51.8 Å². The van der Waals surface area contributed by atoms with Crippen LogP contribution in [0, 0.1) is 0 Å². The highest BCUT2D eigenvalue weighted by molar-refractivity contribution is 9.10. The summed E-state index contributed by atoms with van der Waals surface area (Å²) in [7, 11) is 0. The average molecular weight is 382 g/mol. The first-order chi connectivity index (χ1) is 10.6. The molecule has 0 saturated heterocycles. The molecule has 0 radical (unpaired) electrons. The molecule has 5 heteroatoms. The number of carbonyl (C=O) groups excluding carboxylic acids is 1. The molecule has 0 aromatic heterocycles. The van der Waals surface area contributed by atoms with Gasteiger partial charge in [-0.15, -0.1) is 0 Å². The molecule has 3 nitrogen and oxygen atoms in total. The van der Waals surface area contributed by atoms with Crippen molar-refractivity contribution in [2.24, 2.45) is 0 Å². The van der Waals surface area contributed by atoms with Crippen molar-refractivity contribution >= 4 is 33.6 Å². The summed E-state index contributed by atoms with van der Waals surface area (Å²) in [6, 6.07) is 15.6. The lowest BCUT2D eigenvalue weighted by Gasteiger charge is -2.08. The van der Waals surface area contributed by atoms with Gasteiger partial charge in [0, 0.05) is 22.6 Å². The highest BCUT2D eigenvalue weighted by Gasteiger charge is 2.01. The van der Waals surface area contributed by atoms with Gasteiger partial charge in [0.2, 0.25) is 0 Å². The van der Waals surface area contributed by atoms with E-state index >= 15 is 0 Å². The van der Waals surface area contributed by atoms with Crippen molar-refractivity contribution in [1.82, 2.24) is 10.6 Å². The molecule has 0 unspecified atom stereocenters. The third-order valence-electron chi connectivity index (χ3n) is 3.18. The predicted octanol–water partition coefficient (Wildman–Crippen LogP) is 4.19. The summed E-state index contributed by atoms with van der Waals surface area (Å²) in [5.74, 6) is 0. The Kier molecular flexibility index (Phi) is 6.74. The molecule has 0 bridgehead atoms. The van der Waals surface area contributed by atoms with E-state index in [0.29, 0.717) is 13.1 Å². The summed E-state index contributed by atoms with van der Waals surface area (Å²) in [4.78, 5) is 11.7. The molecule has 2 rings (SSSR count). The molecule has 0 atom stereocenters. The van der Waals surface area contributed by atoms with E-state index in [1.807, 2.05) is 42.5 Å². The van der Waals surface area contributed by atoms with E-state index in [0.717, 1.165) is 27.9 Å². The SMILES string of the molecule is O=C(NCCc1cccc(Cl)c1)NCCc1cccc(Br)c1. The number of nitrogens with one attached hydrogen (secondary N) is 2. The van der Waals surface area contributed by atoms with Crippen molar-refractivity contribution in [3.8, 4) is 0 Å². The van der Waals surface area contributed by atoms with Crippen molar-refractivity contribution in [2.45, 2.75) is 12.8 Å². The molecule has 0 spiro atoms. The predicted molar refractivity (Wildman–Crippen MR) is 94.4 cm³/mol. The molecular weight excluding hydrogens is 364 g/mol. The molecule has 0 heterocycles. The molecule has 0 saturated carbocycles. The van der Waals surface area contributed by atoms with Gasteiger partial charge in [0.15, 0.2) is 0 Å². The van der Waals surface area contributed by atoms with Gasteiger partial charge in [0.1, 0.15) is 0 Å². The number of rotatable bonds is 6. The number of hydrogen-bond acceptors (Lipinski definition) is 1. The van der Waals surface area contributed by atoms with Crippen LogP contribution in [0.5, 0.6) is 0 Å². The molecule has 0 fully saturated rings. The van der Waals surface area contributed by atoms with Gasteiger partial charge in [0.25, 0.3) is 0 Å². The van der Waals surface area contributed by atoms with E-state index in [4.69, 9.17) is 11.6 Å². The van der Waals surface area contributed by atoms with Gasteiger partial charge >= 0.3 is 6.03 Å². The van der Waals surface area contributed by atoms with Crippen molar-refractivity contribution < 1.29 is 4.79 Å². The Balaban J connectivity index is 1.64. The largest absolute Gasteiger partial charge is 0.338 e. The lowest BCUT2D eigenvalue weighted by Crippen LogP contribution is -2.37. The van der Waals surface area contributed by atoms with Crippen LogP contribution in [-0.4, -0.2) is 19.1 Å². The van der Waals surface area contributed by atoms with Crippen molar-refractivity contribution in [3.63, 3.8) is 0 Å². The molecule has 116 valence electrons. The molecule has 2 aromatic carbocycles. The number of benzene rings is 2. The average Bonchev–Trinajstić information content (AvgIpc) is 2.47. The van der Waals surface area contributed by atoms with E-state index in [1.54, 1.807) is 0 Å². The standard InChI is InChI=1S/C17H18BrClN2O/c18-15-5-1-3-13(11-15)7-9-20-17(22)21-10-8-14-4-2-6-16(19)12-14/h1-6,11-12H,7-10H2,(H2,20,21,22). The third-order valence-corrected chi connectivity index (χ3v) is 3.90. The number of halogens is 2.